The largest absolute Gasteiger partial charge is 0.491 e. The summed E-state index contributed by atoms with van der Waals surface area (Å²) in [5, 5.41) is 3.08. The molecule has 1 aliphatic carbocycles. The average molecular weight is 355 g/mol. The number of nitrogens with two attached hydrogens (primary N) is 1. The van der Waals surface area contributed by atoms with Gasteiger partial charge in [0, 0.05) is 18.4 Å². The maximum atomic E-state index is 12.7. The molecule has 2 aliphatic rings. The second kappa shape index (κ2) is 6.90. The van der Waals surface area contributed by atoms with Crippen molar-refractivity contribution >= 4 is 18.3 Å². The normalized spacial score (nSPS) is 30.2. The first kappa shape index (κ1) is 19.0. The van der Waals surface area contributed by atoms with E-state index in [0.717, 1.165) is 17.7 Å². The SMILES string of the molecule is CCOC1CC(N)(C(=O)NC2COc3ccccc3C2)C1(C)C.Cl. The zero-order chi connectivity index (χ0) is 16.7. The number of nitrogens with one attached hydrogen (secondary N) is 1. The van der Waals surface area contributed by atoms with Crippen LogP contribution >= 0.6 is 12.4 Å². The number of hydrogen-bond donors (Lipinski definition) is 2. The summed E-state index contributed by atoms with van der Waals surface area (Å²) in [5.74, 6) is 0.798. The van der Waals surface area contributed by atoms with Crippen LogP contribution in [0.3, 0.4) is 0 Å². The summed E-state index contributed by atoms with van der Waals surface area (Å²) in [6.45, 7) is 7.09. The molecule has 0 spiro atoms. The number of hydrogen-bond acceptors (Lipinski definition) is 4. The number of fused-ring (bicyclic) bond motifs is 1. The highest BCUT2D eigenvalue weighted by molar-refractivity contribution is 5.89. The van der Waals surface area contributed by atoms with Crippen molar-refractivity contribution in [1.82, 2.24) is 5.32 Å². The average Bonchev–Trinajstić information content (AvgIpc) is 2.54. The highest BCUT2D eigenvalue weighted by Crippen LogP contribution is 2.49. The summed E-state index contributed by atoms with van der Waals surface area (Å²) in [5.41, 5.74) is 6.28. The van der Waals surface area contributed by atoms with E-state index in [2.05, 4.69) is 5.32 Å². The molecule has 24 heavy (non-hydrogen) atoms. The first-order valence-corrected chi connectivity index (χ1v) is 8.30. The van der Waals surface area contributed by atoms with Gasteiger partial charge in [0.05, 0.1) is 12.1 Å². The fourth-order valence-electron chi connectivity index (χ4n) is 3.56. The number of carbonyl (C=O) groups excluding carboxylic acids is 1. The number of rotatable bonds is 4. The van der Waals surface area contributed by atoms with Crippen LogP contribution in [0.25, 0.3) is 0 Å². The van der Waals surface area contributed by atoms with Crippen molar-refractivity contribution in [2.75, 3.05) is 13.2 Å². The number of halogens is 1. The Bertz CT molecular complexity index is 608. The van der Waals surface area contributed by atoms with Crippen LogP contribution in [0.1, 0.15) is 32.8 Å². The van der Waals surface area contributed by atoms with Crippen LogP contribution in [0.4, 0.5) is 0 Å². The molecule has 6 heteroatoms. The maximum Gasteiger partial charge on any atom is 0.241 e. The Morgan fingerprint density at radius 2 is 2.12 bits per heavy atom. The number of para-hydroxylation sites is 1. The monoisotopic (exact) mass is 354 g/mol. The van der Waals surface area contributed by atoms with Gasteiger partial charge >= 0.3 is 0 Å². The lowest BCUT2D eigenvalue weighted by molar-refractivity contribution is -0.171. The van der Waals surface area contributed by atoms with E-state index in [-0.39, 0.29) is 35.9 Å². The van der Waals surface area contributed by atoms with Crippen molar-refractivity contribution in [2.24, 2.45) is 11.1 Å². The smallest absolute Gasteiger partial charge is 0.241 e. The van der Waals surface area contributed by atoms with Crippen molar-refractivity contribution in [1.29, 1.82) is 0 Å². The molecule has 3 unspecified atom stereocenters. The first-order valence-electron chi connectivity index (χ1n) is 8.30. The van der Waals surface area contributed by atoms with Crippen LogP contribution in [-0.2, 0) is 16.0 Å². The minimum absolute atomic E-state index is 0. The third-order valence-electron chi connectivity index (χ3n) is 5.45. The highest BCUT2D eigenvalue weighted by Gasteiger charge is 2.63. The lowest BCUT2D eigenvalue weighted by Crippen LogP contribution is -2.76. The molecule has 5 nitrogen and oxygen atoms in total. The van der Waals surface area contributed by atoms with Gasteiger partial charge in [0.1, 0.15) is 17.9 Å². The summed E-state index contributed by atoms with van der Waals surface area (Å²) in [4.78, 5) is 12.7. The first-order chi connectivity index (χ1) is 10.9. The molecule has 0 radical (unpaired) electrons. The molecule has 134 valence electrons. The molecule has 1 amide bonds. The Kier molecular flexibility index (Phi) is 5.47. The summed E-state index contributed by atoms with van der Waals surface area (Å²) in [6, 6.07) is 7.89. The van der Waals surface area contributed by atoms with Crippen LogP contribution in [-0.4, -0.2) is 36.8 Å². The van der Waals surface area contributed by atoms with Gasteiger partial charge < -0.3 is 20.5 Å². The molecule has 1 fully saturated rings. The van der Waals surface area contributed by atoms with Crippen LogP contribution in [0.15, 0.2) is 24.3 Å². The number of benzene rings is 1. The summed E-state index contributed by atoms with van der Waals surface area (Å²) < 4.78 is 11.4. The van der Waals surface area contributed by atoms with Crippen LogP contribution < -0.4 is 15.8 Å². The van der Waals surface area contributed by atoms with Gasteiger partial charge in [-0.1, -0.05) is 32.0 Å². The number of carbonyl (C=O) groups is 1. The summed E-state index contributed by atoms with van der Waals surface area (Å²) >= 11 is 0. The fourth-order valence-corrected chi connectivity index (χ4v) is 3.56. The predicted octanol–water partition coefficient (Wildman–Crippen LogP) is 2.06. The van der Waals surface area contributed by atoms with Crippen molar-refractivity contribution in [2.45, 2.75) is 51.3 Å². The minimum Gasteiger partial charge on any atom is -0.491 e. The fraction of sp³-hybridized carbons (Fsp3) is 0.611. The van der Waals surface area contributed by atoms with Gasteiger partial charge in [-0.3, -0.25) is 4.79 Å². The molecular weight excluding hydrogens is 328 g/mol. The second-order valence-electron chi connectivity index (χ2n) is 7.13. The molecule has 1 saturated carbocycles. The van der Waals surface area contributed by atoms with E-state index >= 15 is 0 Å². The third-order valence-corrected chi connectivity index (χ3v) is 5.45. The van der Waals surface area contributed by atoms with Crippen molar-refractivity contribution in [3.63, 3.8) is 0 Å². The highest BCUT2D eigenvalue weighted by atomic mass is 35.5. The lowest BCUT2D eigenvalue weighted by Gasteiger charge is -2.57. The van der Waals surface area contributed by atoms with Gasteiger partial charge in [-0.15, -0.1) is 12.4 Å². The molecule has 1 heterocycles. The van der Waals surface area contributed by atoms with E-state index in [1.54, 1.807) is 0 Å². The number of ether oxygens (including phenoxy) is 2. The lowest BCUT2D eigenvalue weighted by atomic mass is 9.54. The quantitative estimate of drug-likeness (QED) is 0.868. The van der Waals surface area contributed by atoms with Crippen molar-refractivity contribution in [3.05, 3.63) is 29.8 Å². The molecule has 3 rings (SSSR count). The molecule has 0 saturated heterocycles. The molecule has 0 aromatic heterocycles. The Hall–Kier alpha value is -1.30. The van der Waals surface area contributed by atoms with Gasteiger partial charge in [-0.2, -0.15) is 0 Å². The molecule has 1 aliphatic heterocycles. The van der Waals surface area contributed by atoms with E-state index in [0.29, 0.717) is 19.6 Å². The van der Waals surface area contributed by atoms with E-state index in [1.165, 1.54) is 0 Å². The topological polar surface area (TPSA) is 73.6 Å². The van der Waals surface area contributed by atoms with E-state index < -0.39 is 5.54 Å². The Balaban J connectivity index is 0.00000208. The molecule has 1 aromatic rings. The molecule has 3 atom stereocenters. The molecule has 1 aromatic carbocycles. The van der Waals surface area contributed by atoms with Crippen LogP contribution in [0, 0.1) is 5.41 Å². The second-order valence-corrected chi connectivity index (χ2v) is 7.13. The Morgan fingerprint density at radius 3 is 2.79 bits per heavy atom. The molecular formula is C18H27ClN2O3. The molecule has 3 N–H and O–H groups in total. The molecule has 0 bridgehead atoms. The Labute approximate surface area is 149 Å². The number of amides is 1. The van der Waals surface area contributed by atoms with Crippen LogP contribution in [0.5, 0.6) is 5.75 Å². The van der Waals surface area contributed by atoms with E-state index in [9.17, 15) is 4.79 Å². The minimum atomic E-state index is -0.885. The summed E-state index contributed by atoms with van der Waals surface area (Å²) in [7, 11) is 0. The van der Waals surface area contributed by atoms with Gasteiger partial charge in [0.15, 0.2) is 0 Å². The predicted molar refractivity (Wildman–Crippen MR) is 95.6 cm³/mol. The van der Waals surface area contributed by atoms with Gasteiger partial charge in [-0.05, 0) is 25.0 Å². The van der Waals surface area contributed by atoms with Crippen LogP contribution in [0.2, 0.25) is 0 Å². The maximum absolute atomic E-state index is 12.7. The zero-order valence-corrected chi connectivity index (χ0v) is 15.3. The van der Waals surface area contributed by atoms with Gasteiger partial charge in [0.25, 0.3) is 0 Å². The van der Waals surface area contributed by atoms with Crippen molar-refractivity contribution < 1.29 is 14.3 Å². The van der Waals surface area contributed by atoms with Crippen molar-refractivity contribution in [3.8, 4) is 5.75 Å². The van der Waals surface area contributed by atoms with E-state index in [4.69, 9.17) is 15.2 Å². The van der Waals surface area contributed by atoms with E-state index in [1.807, 2.05) is 45.0 Å². The Morgan fingerprint density at radius 1 is 1.42 bits per heavy atom. The van der Waals surface area contributed by atoms with Gasteiger partial charge in [0.2, 0.25) is 5.91 Å². The van der Waals surface area contributed by atoms with Gasteiger partial charge in [-0.25, -0.2) is 0 Å². The standard InChI is InChI=1S/C18H26N2O3.ClH/c1-4-22-15-10-18(19,17(15,2)3)16(21)20-13-9-12-7-5-6-8-14(12)23-11-13;/h5-8,13,15H,4,9-11,19H2,1-3H3,(H,20,21);1H. The third kappa shape index (κ3) is 3.01. The summed E-state index contributed by atoms with van der Waals surface area (Å²) in [6.07, 6.45) is 1.36. The zero-order valence-electron chi connectivity index (χ0n) is 14.5.